The van der Waals surface area contributed by atoms with Gasteiger partial charge in [-0.3, -0.25) is 14.9 Å². The minimum Gasteiger partial charge on any atom is -0.339 e. The number of hydrogen-bond donors (Lipinski definition) is 1. The van der Waals surface area contributed by atoms with Crippen LogP contribution in [0, 0.1) is 21.4 Å². The Bertz CT molecular complexity index is 1310. The molecule has 0 amide bonds. The molecule has 27 heavy (non-hydrogen) atoms. The van der Waals surface area contributed by atoms with E-state index in [1.807, 2.05) is 35.8 Å². The number of aromatic nitrogens is 2. The number of non-ortho nitro benzene ring substituents is 1. The number of pyridine rings is 1. The lowest BCUT2D eigenvalue weighted by atomic mass is 10.0. The molecule has 132 valence electrons. The first kappa shape index (κ1) is 16.5. The van der Waals surface area contributed by atoms with Crippen LogP contribution in [0.5, 0.6) is 0 Å². The van der Waals surface area contributed by atoms with Gasteiger partial charge in [-0.25, -0.2) is 0 Å². The molecule has 0 spiro atoms. The highest BCUT2D eigenvalue weighted by Gasteiger charge is 2.17. The number of benzene rings is 2. The second-order valence-electron chi connectivity index (χ2n) is 6.13. The number of nitrogens with zero attached hydrogens (tertiary/aromatic N) is 3. The minimum atomic E-state index is -0.436. The molecule has 7 heteroatoms. The molecular weight excluding hydrogens is 344 g/mol. The van der Waals surface area contributed by atoms with Gasteiger partial charge in [0.2, 0.25) is 0 Å². The third-order valence-electron chi connectivity index (χ3n) is 4.72. The van der Waals surface area contributed by atoms with Gasteiger partial charge < -0.3 is 9.55 Å². The molecule has 0 saturated heterocycles. The molecule has 2 aromatic carbocycles. The molecule has 4 aromatic rings. The highest BCUT2D eigenvalue weighted by Crippen LogP contribution is 2.36. The van der Waals surface area contributed by atoms with E-state index < -0.39 is 10.5 Å². The summed E-state index contributed by atoms with van der Waals surface area (Å²) in [5, 5.41) is 20.9. The van der Waals surface area contributed by atoms with Gasteiger partial charge in [-0.15, -0.1) is 0 Å². The van der Waals surface area contributed by atoms with Gasteiger partial charge in [0.05, 0.1) is 21.5 Å². The average molecular weight is 358 g/mol. The first-order valence-corrected chi connectivity index (χ1v) is 8.38. The van der Waals surface area contributed by atoms with E-state index in [1.54, 1.807) is 18.2 Å². The summed E-state index contributed by atoms with van der Waals surface area (Å²) in [6.07, 6.45) is 0. The number of rotatable bonds is 3. The molecule has 0 radical (unpaired) electrons. The number of nitro benzene ring substituents is 1. The Morgan fingerprint density at radius 3 is 2.56 bits per heavy atom. The van der Waals surface area contributed by atoms with Gasteiger partial charge in [0.25, 0.3) is 11.2 Å². The molecule has 0 bridgehead atoms. The molecule has 0 aliphatic heterocycles. The van der Waals surface area contributed by atoms with Crippen LogP contribution in [0.4, 0.5) is 5.69 Å². The van der Waals surface area contributed by atoms with E-state index in [-0.39, 0.29) is 11.3 Å². The van der Waals surface area contributed by atoms with E-state index in [4.69, 9.17) is 0 Å². The molecular formula is C20H14N4O3. The van der Waals surface area contributed by atoms with Crippen LogP contribution >= 0.6 is 0 Å². The fourth-order valence-corrected chi connectivity index (χ4v) is 3.51. The van der Waals surface area contributed by atoms with Crippen molar-refractivity contribution in [2.45, 2.75) is 13.5 Å². The topological polar surface area (TPSA) is 105 Å². The van der Waals surface area contributed by atoms with E-state index in [0.29, 0.717) is 12.1 Å². The molecule has 7 nitrogen and oxygen atoms in total. The van der Waals surface area contributed by atoms with Crippen molar-refractivity contribution in [1.82, 2.24) is 9.55 Å². The summed E-state index contributed by atoms with van der Waals surface area (Å²) in [4.78, 5) is 25.5. The molecule has 2 aromatic heterocycles. The first-order valence-electron chi connectivity index (χ1n) is 8.38. The zero-order valence-electron chi connectivity index (χ0n) is 14.4. The van der Waals surface area contributed by atoms with Gasteiger partial charge in [0, 0.05) is 24.1 Å². The monoisotopic (exact) mass is 358 g/mol. The average Bonchev–Trinajstić information content (AvgIpc) is 2.99. The van der Waals surface area contributed by atoms with Crippen molar-refractivity contribution in [2.75, 3.05) is 0 Å². The largest absolute Gasteiger partial charge is 0.339 e. The summed E-state index contributed by atoms with van der Waals surface area (Å²) in [5.74, 6) is 0. The van der Waals surface area contributed by atoms with Crippen molar-refractivity contribution >= 4 is 27.6 Å². The summed E-state index contributed by atoms with van der Waals surface area (Å²) in [6, 6.07) is 15.6. The Kier molecular flexibility index (Phi) is 3.74. The fraction of sp³-hybridized carbons (Fsp3) is 0.100. The van der Waals surface area contributed by atoms with E-state index in [2.05, 4.69) is 4.98 Å². The summed E-state index contributed by atoms with van der Waals surface area (Å²) >= 11 is 0. The quantitative estimate of drug-likeness (QED) is 0.442. The molecule has 0 aliphatic rings. The molecule has 2 heterocycles. The lowest BCUT2D eigenvalue weighted by Crippen LogP contribution is -2.09. The van der Waals surface area contributed by atoms with Crippen LogP contribution in [0.25, 0.3) is 33.1 Å². The van der Waals surface area contributed by atoms with Crippen molar-refractivity contribution in [3.05, 3.63) is 74.6 Å². The zero-order valence-corrected chi connectivity index (χ0v) is 14.4. The normalized spacial score (nSPS) is 11.0. The third-order valence-corrected chi connectivity index (χ3v) is 4.72. The standard InChI is InChI=1S/C20H14N4O3/c1-2-23-16-5-3-4-15(12-6-8-14(9-7-12)24(26)27)18(16)19-17(23)10-13(11-21)20(25)22-19/h3-10H,2H2,1H3,(H,22,25). The molecule has 0 unspecified atom stereocenters. The van der Waals surface area contributed by atoms with Crippen molar-refractivity contribution in [3.63, 3.8) is 0 Å². The van der Waals surface area contributed by atoms with Crippen molar-refractivity contribution in [3.8, 4) is 17.2 Å². The predicted octanol–water partition coefficient (Wildman–Crippen LogP) is 3.95. The Morgan fingerprint density at radius 1 is 1.19 bits per heavy atom. The Hall–Kier alpha value is -3.92. The molecule has 0 saturated carbocycles. The highest BCUT2D eigenvalue weighted by molar-refractivity contribution is 6.13. The Labute approximate surface area is 153 Å². The minimum absolute atomic E-state index is 0.0222. The summed E-state index contributed by atoms with van der Waals surface area (Å²) in [7, 11) is 0. The molecule has 0 atom stereocenters. The lowest BCUT2D eigenvalue weighted by Gasteiger charge is -2.06. The number of hydrogen-bond acceptors (Lipinski definition) is 4. The molecule has 0 fully saturated rings. The van der Waals surface area contributed by atoms with Crippen LogP contribution in [0.2, 0.25) is 0 Å². The van der Waals surface area contributed by atoms with Gasteiger partial charge in [0.15, 0.2) is 0 Å². The van der Waals surface area contributed by atoms with Crippen LogP contribution in [0.15, 0.2) is 53.3 Å². The van der Waals surface area contributed by atoms with Gasteiger partial charge in [-0.05, 0) is 42.3 Å². The van der Waals surface area contributed by atoms with Gasteiger partial charge in [0.1, 0.15) is 11.6 Å². The highest BCUT2D eigenvalue weighted by atomic mass is 16.6. The number of H-pyrrole nitrogens is 1. The maximum absolute atomic E-state index is 12.2. The van der Waals surface area contributed by atoms with E-state index in [9.17, 15) is 20.2 Å². The Morgan fingerprint density at radius 2 is 1.93 bits per heavy atom. The van der Waals surface area contributed by atoms with Gasteiger partial charge in [-0.1, -0.05) is 12.1 Å². The molecule has 4 rings (SSSR count). The number of nitrogens with one attached hydrogen (secondary N) is 1. The van der Waals surface area contributed by atoms with Crippen LogP contribution in [-0.2, 0) is 6.54 Å². The van der Waals surface area contributed by atoms with Crippen LogP contribution in [0.1, 0.15) is 12.5 Å². The van der Waals surface area contributed by atoms with E-state index >= 15 is 0 Å². The summed E-state index contributed by atoms with van der Waals surface area (Å²) in [6.45, 7) is 2.66. The van der Waals surface area contributed by atoms with Crippen molar-refractivity contribution in [2.24, 2.45) is 0 Å². The summed E-state index contributed by atoms with van der Waals surface area (Å²) in [5.41, 5.74) is 3.69. The fourth-order valence-electron chi connectivity index (χ4n) is 3.51. The summed E-state index contributed by atoms with van der Waals surface area (Å²) < 4.78 is 2.04. The van der Waals surface area contributed by atoms with Gasteiger partial charge in [-0.2, -0.15) is 5.26 Å². The van der Waals surface area contributed by atoms with Crippen molar-refractivity contribution < 1.29 is 4.92 Å². The van der Waals surface area contributed by atoms with Crippen LogP contribution in [0.3, 0.4) is 0 Å². The number of aryl methyl sites for hydroxylation is 1. The molecule has 0 aliphatic carbocycles. The number of aromatic amines is 1. The first-order chi connectivity index (χ1) is 13.0. The maximum atomic E-state index is 12.2. The van der Waals surface area contributed by atoms with Crippen molar-refractivity contribution in [1.29, 1.82) is 5.26 Å². The SMILES string of the molecule is CCn1c2cc(C#N)c(=O)[nH]c2c2c(-c3ccc([N+](=O)[O-])cc3)cccc21. The second kappa shape index (κ2) is 6.11. The Balaban J connectivity index is 2.10. The number of nitro groups is 1. The predicted molar refractivity (Wildman–Crippen MR) is 103 cm³/mol. The van der Waals surface area contributed by atoms with Gasteiger partial charge >= 0.3 is 0 Å². The van der Waals surface area contributed by atoms with Crippen LogP contribution in [-0.4, -0.2) is 14.5 Å². The maximum Gasteiger partial charge on any atom is 0.269 e. The third kappa shape index (κ3) is 2.47. The number of nitriles is 1. The number of fused-ring (bicyclic) bond motifs is 3. The van der Waals surface area contributed by atoms with E-state index in [0.717, 1.165) is 27.5 Å². The second-order valence-corrected chi connectivity index (χ2v) is 6.13. The smallest absolute Gasteiger partial charge is 0.269 e. The van der Waals surface area contributed by atoms with Crippen LogP contribution < -0.4 is 5.56 Å². The zero-order chi connectivity index (χ0) is 19.1. The lowest BCUT2D eigenvalue weighted by molar-refractivity contribution is -0.384. The van der Waals surface area contributed by atoms with E-state index in [1.165, 1.54) is 12.1 Å². The molecule has 1 N–H and O–H groups in total.